The van der Waals surface area contributed by atoms with Gasteiger partial charge in [-0.05, 0) is 24.7 Å². The van der Waals surface area contributed by atoms with Crippen molar-refractivity contribution in [2.24, 2.45) is 0 Å². The van der Waals surface area contributed by atoms with Gasteiger partial charge in [-0.15, -0.1) is 0 Å². The lowest BCUT2D eigenvalue weighted by molar-refractivity contribution is -0.0292. The quantitative estimate of drug-likeness (QED) is 0.919. The van der Waals surface area contributed by atoms with Gasteiger partial charge in [0.15, 0.2) is 5.69 Å². The second kappa shape index (κ2) is 7.58. The SMILES string of the molecule is CN1CCO[C@@H]([C@@H](Nc2cnc(C#N)cn2)c2ccc(Cl)cc2)C1. The van der Waals surface area contributed by atoms with Gasteiger partial charge in [0, 0.05) is 18.1 Å². The van der Waals surface area contributed by atoms with Crippen LogP contribution in [0, 0.1) is 11.3 Å². The van der Waals surface area contributed by atoms with Crippen LogP contribution in [0.1, 0.15) is 17.3 Å². The maximum atomic E-state index is 8.84. The maximum Gasteiger partial charge on any atom is 0.158 e. The lowest BCUT2D eigenvalue weighted by Gasteiger charge is -2.36. The maximum absolute atomic E-state index is 8.84. The van der Waals surface area contributed by atoms with Crippen molar-refractivity contribution in [1.29, 1.82) is 5.26 Å². The van der Waals surface area contributed by atoms with E-state index in [9.17, 15) is 0 Å². The molecule has 1 saturated heterocycles. The minimum absolute atomic E-state index is 0.0256. The summed E-state index contributed by atoms with van der Waals surface area (Å²) in [6.07, 6.45) is 2.99. The molecule has 3 rings (SSSR count). The fourth-order valence-corrected chi connectivity index (χ4v) is 2.82. The first kappa shape index (κ1) is 16.7. The third-order valence-electron chi connectivity index (χ3n) is 3.97. The highest BCUT2D eigenvalue weighted by atomic mass is 35.5. The number of anilines is 1. The zero-order chi connectivity index (χ0) is 16.9. The van der Waals surface area contributed by atoms with E-state index < -0.39 is 0 Å². The number of nitrogens with zero attached hydrogens (tertiary/aromatic N) is 4. The number of benzene rings is 1. The molecule has 7 heteroatoms. The van der Waals surface area contributed by atoms with Crippen LogP contribution >= 0.6 is 11.6 Å². The van der Waals surface area contributed by atoms with Crippen molar-refractivity contribution in [3.8, 4) is 6.07 Å². The summed E-state index contributed by atoms with van der Waals surface area (Å²) in [6.45, 7) is 2.41. The van der Waals surface area contributed by atoms with Crippen molar-refractivity contribution in [3.63, 3.8) is 0 Å². The molecule has 6 nitrogen and oxygen atoms in total. The number of likely N-dealkylation sites (N-methyl/N-ethyl adjacent to an activating group) is 1. The number of aromatic nitrogens is 2. The Morgan fingerprint density at radius 3 is 2.75 bits per heavy atom. The molecule has 1 fully saturated rings. The van der Waals surface area contributed by atoms with Crippen molar-refractivity contribution >= 4 is 17.4 Å². The predicted molar refractivity (Wildman–Crippen MR) is 91.8 cm³/mol. The second-order valence-corrected chi connectivity index (χ2v) is 6.18. The summed E-state index contributed by atoms with van der Waals surface area (Å²) in [5.74, 6) is 0.603. The van der Waals surface area contributed by atoms with Crippen molar-refractivity contribution in [2.75, 3.05) is 32.1 Å². The third kappa shape index (κ3) is 4.01. The van der Waals surface area contributed by atoms with Gasteiger partial charge in [0.2, 0.25) is 0 Å². The molecule has 0 aliphatic carbocycles. The van der Waals surface area contributed by atoms with Crippen LogP contribution in [0.2, 0.25) is 5.02 Å². The number of morpholine rings is 1. The van der Waals surface area contributed by atoms with E-state index in [1.165, 1.54) is 6.20 Å². The van der Waals surface area contributed by atoms with Gasteiger partial charge in [0.25, 0.3) is 0 Å². The van der Waals surface area contributed by atoms with Gasteiger partial charge in [-0.1, -0.05) is 23.7 Å². The molecule has 24 heavy (non-hydrogen) atoms. The minimum Gasteiger partial charge on any atom is -0.373 e. The van der Waals surface area contributed by atoms with E-state index in [4.69, 9.17) is 21.6 Å². The largest absolute Gasteiger partial charge is 0.373 e. The second-order valence-electron chi connectivity index (χ2n) is 5.74. The number of nitriles is 1. The Morgan fingerprint density at radius 2 is 2.12 bits per heavy atom. The topological polar surface area (TPSA) is 74.1 Å². The molecule has 0 bridgehead atoms. The lowest BCUT2D eigenvalue weighted by atomic mass is 10.00. The van der Waals surface area contributed by atoms with E-state index in [-0.39, 0.29) is 17.8 Å². The lowest BCUT2D eigenvalue weighted by Crippen LogP contribution is -2.44. The fourth-order valence-electron chi connectivity index (χ4n) is 2.69. The normalized spacial score (nSPS) is 19.5. The van der Waals surface area contributed by atoms with Gasteiger partial charge < -0.3 is 15.0 Å². The van der Waals surface area contributed by atoms with Crippen LogP contribution in [0.25, 0.3) is 0 Å². The zero-order valence-electron chi connectivity index (χ0n) is 13.3. The summed E-state index contributed by atoms with van der Waals surface area (Å²) in [5.41, 5.74) is 1.35. The van der Waals surface area contributed by atoms with Crippen molar-refractivity contribution in [1.82, 2.24) is 14.9 Å². The molecule has 0 saturated carbocycles. The third-order valence-corrected chi connectivity index (χ3v) is 4.22. The van der Waals surface area contributed by atoms with Crippen molar-refractivity contribution < 1.29 is 4.74 Å². The van der Waals surface area contributed by atoms with E-state index in [0.29, 0.717) is 17.4 Å². The van der Waals surface area contributed by atoms with Gasteiger partial charge in [-0.2, -0.15) is 5.26 Å². The van der Waals surface area contributed by atoms with Crippen LogP contribution < -0.4 is 5.32 Å². The summed E-state index contributed by atoms with van der Waals surface area (Å²) in [6, 6.07) is 9.57. The standard InChI is InChI=1S/C17H18ClN5O/c1-23-6-7-24-15(11-23)17(12-2-4-13(18)5-3-12)22-16-10-20-14(8-19)9-21-16/h2-5,9-10,15,17H,6-7,11H2,1H3,(H,21,22)/t15-,17+/m1/s1. The van der Waals surface area contributed by atoms with Crippen LogP contribution in [-0.4, -0.2) is 47.7 Å². The molecular weight excluding hydrogens is 326 g/mol. The molecule has 1 aliphatic heterocycles. The number of halogens is 1. The van der Waals surface area contributed by atoms with Crippen molar-refractivity contribution in [2.45, 2.75) is 12.1 Å². The number of ether oxygens (including phenoxy) is 1. The zero-order valence-corrected chi connectivity index (χ0v) is 14.1. The number of hydrogen-bond donors (Lipinski definition) is 1. The molecule has 0 spiro atoms. The Morgan fingerprint density at radius 1 is 1.33 bits per heavy atom. The molecule has 1 aromatic heterocycles. The van der Waals surface area contributed by atoms with E-state index in [2.05, 4.69) is 27.2 Å². The summed E-state index contributed by atoms with van der Waals surface area (Å²) < 4.78 is 5.97. The fraction of sp³-hybridized carbons (Fsp3) is 0.353. The van der Waals surface area contributed by atoms with Crippen LogP contribution in [0.15, 0.2) is 36.7 Å². The van der Waals surface area contributed by atoms with Gasteiger partial charge in [0.1, 0.15) is 11.9 Å². The van der Waals surface area contributed by atoms with E-state index in [1.807, 2.05) is 30.3 Å². The molecule has 2 atom stereocenters. The highest BCUT2D eigenvalue weighted by Gasteiger charge is 2.28. The molecule has 124 valence electrons. The summed E-state index contributed by atoms with van der Waals surface area (Å²) in [4.78, 5) is 10.6. The Bertz CT molecular complexity index is 713. The summed E-state index contributed by atoms with van der Waals surface area (Å²) in [7, 11) is 2.08. The molecule has 2 heterocycles. The van der Waals surface area contributed by atoms with Crippen LogP contribution in [0.3, 0.4) is 0 Å². The summed E-state index contributed by atoms with van der Waals surface area (Å²) >= 11 is 6.01. The summed E-state index contributed by atoms with van der Waals surface area (Å²) in [5, 5.41) is 12.9. The smallest absolute Gasteiger partial charge is 0.158 e. The van der Waals surface area contributed by atoms with Crippen LogP contribution in [-0.2, 0) is 4.74 Å². The van der Waals surface area contributed by atoms with Gasteiger partial charge in [-0.3, -0.25) is 0 Å². The van der Waals surface area contributed by atoms with Gasteiger partial charge in [0.05, 0.1) is 31.1 Å². The van der Waals surface area contributed by atoms with E-state index in [1.54, 1.807) is 6.20 Å². The first-order valence-electron chi connectivity index (χ1n) is 7.70. The van der Waals surface area contributed by atoms with Crippen LogP contribution in [0.5, 0.6) is 0 Å². The molecule has 1 N–H and O–H groups in total. The number of hydrogen-bond acceptors (Lipinski definition) is 6. The van der Waals surface area contributed by atoms with Gasteiger partial charge >= 0.3 is 0 Å². The molecule has 0 radical (unpaired) electrons. The predicted octanol–water partition coefficient (Wildman–Crippen LogP) is 2.49. The molecule has 0 unspecified atom stereocenters. The van der Waals surface area contributed by atoms with Gasteiger partial charge in [-0.25, -0.2) is 9.97 Å². The average Bonchev–Trinajstić information content (AvgIpc) is 2.61. The average molecular weight is 344 g/mol. The Kier molecular flexibility index (Phi) is 5.26. The molecular formula is C17H18ClN5O. The molecule has 1 aliphatic rings. The van der Waals surface area contributed by atoms with E-state index in [0.717, 1.165) is 18.7 Å². The highest BCUT2D eigenvalue weighted by Crippen LogP contribution is 2.27. The van der Waals surface area contributed by atoms with Crippen LogP contribution in [0.4, 0.5) is 5.82 Å². The Balaban J connectivity index is 1.85. The van der Waals surface area contributed by atoms with Crippen molar-refractivity contribution in [3.05, 3.63) is 52.9 Å². The Hall–Kier alpha value is -2.20. The first-order chi connectivity index (χ1) is 11.7. The molecule has 0 amide bonds. The van der Waals surface area contributed by atoms with E-state index >= 15 is 0 Å². The number of rotatable bonds is 4. The molecule has 1 aromatic carbocycles. The highest BCUT2D eigenvalue weighted by molar-refractivity contribution is 6.30. The first-order valence-corrected chi connectivity index (χ1v) is 8.08. The molecule has 2 aromatic rings. The number of nitrogens with one attached hydrogen (secondary N) is 1. The monoisotopic (exact) mass is 343 g/mol. The minimum atomic E-state index is -0.0905. The Labute approximate surface area is 146 Å².